The van der Waals surface area contributed by atoms with E-state index in [1.807, 2.05) is 0 Å². The van der Waals surface area contributed by atoms with Crippen molar-refractivity contribution in [1.82, 2.24) is 4.90 Å². The molecule has 0 aromatic rings. The summed E-state index contributed by atoms with van der Waals surface area (Å²) in [6.45, 7) is 2.73. The van der Waals surface area contributed by atoms with Gasteiger partial charge in [0.25, 0.3) is 0 Å². The maximum atomic E-state index is 10.9. The van der Waals surface area contributed by atoms with Gasteiger partial charge in [-0.2, -0.15) is 0 Å². The standard InChI is InChI=1S/C6H16N2O2S/c7-1-2-8-3-5-11(9,10)6-4-8/h9-10H,1-7H2/p-2. The first-order chi connectivity index (χ1) is 5.14. The van der Waals surface area contributed by atoms with Crippen LogP contribution >= 0.6 is 10.6 Å². The fourth-order valence-corrected chi connectivity index (χ4v) is 2.43. The van der Waals surface area contributed by atoms with E-state index in [-0.39, 0.29) is 0 Å². The Morgan fingerprint density at radius 2 is 1.82 bits per heavy atom. The van der Waals surface area contributed by atoms with Gasteiger partial charge in [-0.1, -0.05) is 0 Å². The second-order valence-electron chi connectivity index (χ2n) is 2.78. The number of nitrogens with two attached hydrogens (primary N) is 1. The minimum absolute atomic E-state index is 0.299. The van der Waals surface area contributed by atoms with E-state index in [1.54, 1.807) is 0 Å². The Balaban J connectivity index is 2.25. The van der Waals surface area contributed by atoms with Crippen LogP contribution in [0.4, 0.5) is 0 Å². The van der Waals surface area contributed by atoms with Gasteiger partial charge < -0.3 is 25.4 Å². The molecule has 1 aliphatic heterocycles. The van der Waals surface area contributed by atoms with E-state index in [9.17, 15) is 9.11 Å². The maximum Gasteiger partial charge on any atom is 0.0106 e. The molecular formula is C6H14N2O2S-2. The van der Waals surface area contributed by atoms with Crippen molar-refractivity contribution in [2.75, 3.05) is 37.7 Å². The van der Waals surface area contributed by atoms with Crippen LogP contribution in [-0.2, 0) is 0 Å². The molecular weight excluding hydrogens is 164 g/mol. The van der Waals surface area contributed by atoms with Gasteiger partial charge in [-0.05, 0) is 11.5 Å². The molecule has 0 atom stereocenters. The van der Waals surface area contributed by atoms with Crippen LogP contribution in [0.3, 0.4) is 0 Å². The largest absolute Gasteiger partial charge is 0.800 e. The lowest BCUT2D eigenvalue weighted by atomic mass is 10.5. The lowest BCUT2D eigenvalue weighted by Gasteiger charge is -2.63. The molecule has 11 heavy (non-hydrogen) atoms. The molecule has 68 valence electrons. The summed E-state index contributed by atoms with van der Waals surface area (Å²) in [4.78, 5) is 2.08. The molecule has 2 N–H and O–H groups in total. The highest BCUT2D eigenvalue weighted by Gasteiger charge is 2.10. The van der Waals surface area contributed by atoms with Gasteiger partial charge in [-0.3, -0.25) is 4.90 Å². The Hall–Kier alpha value is 0.190. The number of hydrogen-bond acceptors (Lipinski definition) is 4. The van der Waals surface area contributed by atoms with Crippen LogP contribution in [-0.4, -0.2) is 51.7 Å². The molecule has 1 rings (SSSR count). The molecule has 0 spiro atoms. The second kappa shape index (κ2) is 3.73. The summed E-state index contributed by atoms with van der Waals surface area (Å²) in [7, 11) is -2.72. The zero-order valence-electron chi connectivity index (χ0n) is 6.49. The van der Waals surface area contributed by atoms with Crippen molar-refractivity contribution in [2.24, 2.45) is 5.73 Å². The first kappa shape index (κ1) is 9.28. The van der Waals surface area contributed by atoms with Crippen LogP contribution in [0.15, 0.2) is 0 Å². The minimum atomic E-state index is -2.72. The van der Waals surface area contributed by atoms with E-state index in [0.717, 1.165) is 6.54 Å². The quantitative estimate of drug-likeness (QED) is 0.608. The summed E-state index contributed by atoms with van der Waals surface area (Å²) in [5, 5.41) is 0. The fourth-order valence-electron chi connectivity index (χ4n) is 1.16. The molecule has 0 aromatic carbocycles. The molecule has 0 aromatic heterocycles. The van der Waals surface area contributed by atoms with Gasteiger partial charge in [0.2, 0.25) is 0 Å². The predicted octanol–water partition coefficient (Wildman–Crippen LogP) is -0.674. The molecule has 1 fully saturated rings. The van der Waals surface area contributed by atoms with Crippen LogP contribution < -0.4 is 5.73 Å². The Labute approximate surface area is 68.7 Å². The van der Waals surface area contributed by atoms with Crippen LogP contribution in [0.5, 0.6) is 0 Å². The van der Waals surface area contributed by atoms with Crippen molar-refractivity contribution < 1.29 is 9.11 Å². The molecule has 1 heterocycles. The van der Waals surface area contributed by atoms with E-state index >= 15 is 0 Å². The monoisotopic (exact) mass is 178 g/mol. The molecule has 1 aliphatic rings. The Bertz CT molecular complexity index is 122. The van der Waals surface area contributed by atoms with Crippen LogP contribution in [0.2, 0.25) is 0 Å². The van der Waals surface area contributed by atoms with Crippen LogP contribution in [0.1, 0.15) is 0 Å². The predicted molar refractivity (Wildman–Crippen MR) is 44.4 cm³/mol. The highest BCUT2D eigenvalue weighted by atomic mass is 32.3. The SMILES string of the molecule is NCCN1CCS([O-])([O-])CC1. The van der Waals surface area contributed by atoms with Crippen molar-refractivity contribution >= 4 is 10.6 Å². The van der Waals surface area contributed by atoms with Crippen molar-refractivity contribution in [3.63, 3.8) is 0 Å². The Morgan fingerprint density at radius 3 is 2.27 bits per heavy atom. The first-order valence-corrected chi connectivity index (χ1v) is 5.59. The topological polar surface area (TPSA) is 75.4 Å². The molecule has 0 unspecified atom stereocenters. The van der Waals surface area contributed by atoms with Gasteiger partial charge in [-0.15, -0.1) is 0 Å². The average Bonchev–Trinajstić information content (AvgIpc) is 1.94. The molecule has 0 saturated carbocycles. The number of nitrogens with zero attached hydrogens (tertiary/aromatic N) is 1. The van der Waals surface area contributed by atoms with Gasteiger partial charge in [0.15, 0.2) is 0 Å². The second-order valence-corrected chi connectivity index (χ2v) is 5.09. The molecule has 5 heteroatoms. The summed E-state index contributed by atoms with van der Waals surface area (Å²) in [5.74, 6) is 0.597. The zero-order valence-corrected chi connectivity index (χ0v) is 7.31. The highest BCUT2D eigenvalue weighted by molar-refractivity contribution is 8.24. The molecule has 0 bridgehead atoms. The van der Waals surface area contributed by atoms with Crippen LogP contribution in [0.25, 0.3) is 0 Å². The third-order valence-electron chi connectivity index (χ3n) is 1.88. The van der Waals surface area contributed by atoms with E-state index in [4.69, 9.17) is 5.73 Å². The fraction of sp³-hybridized carbons (Fsp3) is 1.00. The minimum Gasteiger partial charge on any atom is -0.800 e. The molecule has 1 saturated heterocycles. The van der Waals surface area contributed by atoms with Gasteiger partial charge >= 0.3 is 0 Å². The summed E-state index contributed by atoms with van der Waals surface area (Å²) >= 11 is 0. The van der Waals surface area contributed by atoms with Crippen molar-refractivity contribution in [3.8, 4) is 0 Å². The lowest BCUT2D eigenvalue weighted by molar-refractivity contribution is 0.289. The van der Waals surface area contributed by atoms with Crippen molar-refractivity contribution in [1.29, 1.82) is 0 Å². The maximum absolute atomic E-state index is 10.9. The number of rotatable bonds is 2. The van der Waals surface area contributed by atoms with E-state index in [0.29, 0.717) is 31.1 Å². The Morgan fingerprint density at radius 1 is 1.27 bits per heavy atom. The third-order valence-corrected chi connectivity index (χ3v) is 3.49. The smallest absolute Gasteiger partial charge is 0.0106 e. The Kier molecular flexibility index (Phi) is 3.15. The number of sulfone groups is 1. The van der Waals surface area contributed by atoms with Gasteiger partial charge in [-0.25, -0.2) is 0 Å². The van der Waals surface area contributed by atoms with Gasteiger partial charge in [0.1, 0.15) is 0 Å². The third kappa shape index (κ3) is 2.96. The van der Waals surface area contributed by atoms with E-state index in [2.05, 4.69) is 4.90 Å². The van der Waals surface area contributed by atoms with Crippen molar-refractivity contribution in [3.05, 3.63) is 0 Å². The zero-order chi connectivity index (χ0) is 8.32. The van der Waals surface area contributed by atoms with Gasteiger partial charge in [0, 0.05) is 26.2 Å². The summed E-state index contributed by atoms with van der Waals surface area (Å²) in [6, 6.07) is 0. The normalized spacial score (nSPS) is 28.3. The molecule has 4 nitrogen and oxygen atoms in total. The number of hydrogen-bond donors (Lipinski definition) is 1. The molecule has 0 radical (unpaired) electrons. The highest BCUT2D eigenvalue weighted by Crippen LogP contribution is 2.39. The summed E-state index contributed by atoms with van der Waals surface area (Å²) in [5.41, 5.74) is 5.34. The summed E-state index contributed by atoms with van der Waals surface area (Å²) < 4.78 is 21.9. The lowest BCUT2D eigenvalue weighted by Crippen LogP contribution is -2.40. The van der Waals surface area contributed by atoms with Crippen molar-refractivity contribution in [2.45, 2.75) is 0 Å². The molecule has 0 aliphatic carbocycles. The first-order valence-electron chi connectivity index (χ1n) is 3.77. The average molecular weight is 178 g/mol. The van der Waals surface area contributed by atoms with E-state index in [1.165, 1.54) is 0 Å². The summed E-state index contributed by atoms with van der Waals surface area (Å²) in [6.07, 6.45) is 0. The molecule has 0 amide bonds. The van der Waals surface area contributed by atoms with Crippen LogP contribution in [0, 0.1) is 0 Å². The van der Waals surface area contributed by atoms with E-state index < -0.39 is 10.6 Å². The van der Waals surface area contributed by atoms with Gasteiger partial charge in [0.05, 0.1) is 0 Å².